The van der Waals surface area contributed by atoms with Crippen LogP contribution in [0.3, 0.4) is 0 Å². The van der Waals surface area contributed by atoms with Crippen LogP contribution in [-0.4, -0.2) is 28.5 Å². The molecule has 1 amide bonds. The van der Waals surface area contributed by atoms with Crippen LogP contribution in [0, 0.1) is 11.8 Å². The molecule has 1 fully saturated rings. The first-order valence-corrected chi connectivity index (χ1v) is 7.52. The summed E-state index contributed by atoms with van der Waals surface area (Å²) in [4.78, 5) is 28.3. The number of nitrogens with zero attached hydrogens (tertiary/aromatic N) is 2. The molecular weight excluding hydrogens is 294 g/mol. The van der Waals surface area contributed by atoms with E-state index in [1.165, 1.54) is 7.11 Å². The summed E-state index contributed by atoms with van der Waals surface area (Å²) in [7, 11) is 3.16. The van der Waals surface area contributed by atoms with Gasteiger partial charge in [-0.25, -0.2) is 4.98 Å². The van der Waals surface area contributed by atoms with Crippen LogP contribution in [0.15, 0.2) is 42.7 Å². The number of amides is 1. The van der Waals surface area contributed by atoms with Gasteiger partial charge in [-0.05, 0) is 17.9 Å². The third-order valence-corrected chi connectivity index (χ3v) is 4.24. The van der Waals surface area contributed by atoms with Crippen molar-refractivity contribution >= 4 is 11.9 Å². The number of aromatic nitrogens is 2. The predicted octanol–water partition coefficient (Wildman–Crippen LogP) is 1.70. The zero-order chi connectivity index (χ0) is 16.4. The number of carbonyl (C=O) groups is 2. The van der Waals surface area contributed by atoms with E-state index in [4.69, 9.17) is 4.74 Å². The van der Waals surface area contributed by atoms with E-state index in [1.807, 2.05) is 30.3 Å². The topological polar surface area (TPSA) is 73.2 Å². The molecule has 0 aliphatic heterocycles. The van der Waals surface area contributed by atoms with E-state index in [1.54, 1.807) is 24.0 Å². The van der Waals surface area contributed by atoms with Crippen LogP contribution in [-0.2, 0) is 16.6 Å². The highest BCUT2D eigenvalue weighted by atomic mass is 16.5. The second-order valence-corrected chi connectivity index (χ2v) is 5.75. The molecule has 0 spiro atoms. The Balaban J connectivity index is 1.81. The van der Waals surface area contributed by atoms with Crippen LogP contribution < -0.4 is 5.32 Å². The molecule has 0 radical (unpaired) electrons. The number of ether oxygens (including phenoxy) is 1. The Morgan fingerprint density at radius 3 is 2.70 bits per heavy atom. The van der Waals surface area contributed by atoms with Crippen molar-refractivity contribution in [1.29, 1.82) is 0 Å². The van der Waals surface area contributed by atoms with Gasteiger partial charge < -0.3 is 14.6 Å². The molecule has 3 rings (SSSR count). The van der Waals surface area contributed by atoms with Gasteiger partial charge in [0, 0.05) is 19.4 Å². The summed E-state index contributed by atoms with van der Waals surface area (Å²) in [5.74, 6) is -0.230. The minimum absolute atomic E-state index is 0.0501. The molecule has 0 bridgehead atoms. The van der Waals surface area contributed by atoms with Crippen molar-refractivity contribution < 1.29 is 14.3 Å². The van der Waals surface area contributed by atoms with Gasteiger partial charge in [-0.1, -0.05) is 30.3 Å². The molecule has 1 aliphatic carbocycles. The van der Waals surface area contributed by atoms with Crippen LogP contribution >= 0.6 is 0 Å². The van der Waals surface area contributed by atoms with Gasteiger partial charge in [-0.3, -0.25) is 9.59 Å². The molecule has 1 aromatic carbocycles. The molecular formula is C17H19N3O3. The second-order valence-electron chi connectivity index (χ2n) is 5.75. The van der Waals surface area contributed by atoms with E-state index in [0.29, 0.717) is 12.2 Å². The first-order valence-electron chi connectivity index (χ1n) is 7.52. The molecule has 120 valence electrons. The molecule has 1 saturated carbocycles. The van der Waals surface area contributed by atoms with Crippen LogP contribution in [0.25, 0.3) is 0 Å². The molecule has 23 heavy (non-hydrogen) atoms. The molecule has 0 unspecified atom stereocenters. The Labute approximate surface area is 134 Å². The standard InChI is InChI=1S/C17H19N3O3/c1-20-9-8-18-15(20)16(21)19-14(11-6-4-3-5-7-11)12-10-13(12)17(22)23-2/h3-9,12-14H,10H2,1-2H3,(H,19,21)/t12-,13-,14+/m1/s1. The van der Waals surface area contributed by atoms with Gasteiger partial charge in [0.15, 0.2) is 5.82 Å². The third-order valence-electron chi connectivity index (χ3n) is 4.24. The van der Waals surface area contributed by atoms with E-state index in [0.717, 1.165) is 5.56 Å². The van der Waals surface area contributed by atoms with Gasteiger partial charge in [0.05, 0.1) is 19.1 Å². The zero-order valence-corrected chi connectivity index (χ0v) is 13.1. The Bertz CT molecular complexity index is 711. The molecule has 2 aromatic rings. The van der Waals surface area contributed by atoms with Gasteiger partial charge in [0.1, 0.15) is 0 Å². The van der Waals surface area contributed by atoms with Crippen LogP contribution in [0.4, 0.5) is 0 Å². The quantitative estimate of drug-likeness (QED) is 0.853. The molecule has 6 heteroatoms. The van der Waals surface area contributed by atoms with Gasteiger partial charge in [0.2, 0.25) is 0 Å². The van der Waals surface area contributed by atoms with Crippen molar-refractivity contribution in [3.05, 3.63) is 54.1 Å². The fourth-order valence-corrected chi connectivity index (χ4v) is 2.89. The summed E-state index contributed by atoms with van der Waals surface area (Å²) in [6.07, 6.45) is 4.02. The van der Waals surface area contributed by atoms with Crippen molar-refractivity contribution in [3.63, 3.8) is 0 Å². The van der Waals surface area contributed by atoms with E-state index in [2.05, 4.69) is 10.3 Å². The fraction of sp³-hybridized carbons (Fsp3) is 0.353. The maximum absolute atomic E-state index is 12.5. The van der Waals surface area contributed by atoms with Crippen LogP contribution in [0.2, 0.25) is 0 Å². The Hall–Kier alpha value is -2.63. The number of methoxy groups -OCH3 is 1. The van der Waals surface area contributed by atoms with Crippen molar-refractivity contribution in [2.24, 2.45) is 18.9 Å². The first-order chi connectivity index (χ1) is 11.1. The Morgan fingerprint density at radius 1 is 1.35 bits per heavy atom. The number of benzene rings is 1. The maximum Gasteiger partial charge on any atom is 0.309 e. The van der Waals surface area contributed by atoms with E-state index < -0.39 is 0 Å². The minimum atomic E-state index is -0.248. The summed E-state index contributed by atoms with van der Waals surface area (Å²) in [6.45, 7) is 0. The Morgan fingerprint density at radius 2 is 2.09 bits per heavy atom. The van der Waals surface area contributed by atoms with Crippen molar-refractivity contribution in [3.8, 4) is 0 Å². The van der Waals surface area contributed by atoms with Gasteiger partial charge in [0.25, 0.3) is 5.91 Å². The predicted molar refractivity (Wildman–Crippen MR) is 83.5 cm³/mol. The zero-order valence-electron chi connectivity index (χ0n) is 13.1. The van der Waals surface area contributed by atoms with Crippen molar-refractivity contribution in [2.45, 2.75) is 12.5 Å². The lowest BCUT2D eigenvalue weighted by atomic mass is 10.0. The molecule has 1 heterocycles. The maximum atomic E-state index is 12.5. The molecule has 1 aliphatic rings. The van der Waals surface area contributed by atoms with Gasteiger partial charge >= 0.3 is 5.97 Å². The van der Waals surface area contributed by atoms with Gasteiger partial charge in [-0.15, -0.1) is 0 Å². The number of nitrogens with one attached hydrogen (secondary N) is 1. The number of carbonyl (C=O) groups excluding carboxylic acids is 2. The summed E-state index contributed by atoms with van der Waals surface area (Å²) in [6, 6.07) is 9.44. The summed E-state index contributed by atoms with van der Waals surface area (Å²) in [5, 5.41) is 3.02. The average molecular weight is 313 g/mol. The lowest BCUT2D eigenvalue weighted by molar-refractivity contribution is -0.142. The smallest absolute Gasteiger partial charge is 0.309 e. The number of hydrogen-bond acceptors (Lipinski definition) is 4. The number of esters is 1. The highest BCUT2D eigenvalue weighted by Gasteiger charge is 2.49. The van der Waals surface area contributed by atoms with Crippen LogP contribution in [0.5, 0.6) is 0 Å². The lowest BCUT2D eigenvalue weighted by Crippen LogP contribution is -2.32. The third kappa shape index (κ3) is 3.11. The second kappa shape index (κ2) is 6.24. The van der Waals surface area contributed by atoms with E-state index in [9.17, 15) is 9.59 Å². The SMILES string of the molecule is COC(=O)[C@@H]1C[C@H]1[C@@H](NC(=O)c1nccn1C)c1ccccc1. The first kappa shape index (κ1) is 15.3. The number of rotatable bonds is 5. The van der Waals surface area contributed by atoms with Gasteiger partial charge in [-0.2, -0.15) is 0 Å². The minimum Gasteiger partial charge on any atom is -0.469 e. The highest BCUT2D eigenvalue weighted by Crippen LogP contribution is 2.48. The lowest BCUT2D eigenvalue weighted by Gasteiger charge is -2.19. The number of hydrogen-bond donors (Lipinski definition) is 1. The fourth-order valence-electron chi connectivity index (χ4n) is 2.89. The number of imidazole rings is 1. The van der Waals surface area contributed by atoms with Crippen molar-refractivity contribution in [2.75, 3.05) is 7.11 Å². The monoisotopic (exact) mass is 313 g/mol. The summed E-state index contributed by atoms with van der Waals surface area (Å²) >= 11 is 0. The summed E-state index contributed by atoms with van der Waals surface area (Å²) in [5.41, 5.74) is 0.978. The summed E-state index contributed by atoms with van der Waals surface area (Å²) < 4.78 is 6.49. The van der Waals surface area contributed by atoms with Crippen molar-refractivity contribution in [1.82, 2.24) is 14.9 Å². The largest absolute Gasteiger partial charge is 0.469 e. The van der Waals surface area contributed by atoms with E-state index >= 15 is 0 Å². The average Bonchev–Trinajstić information content (AvgIpc) is 3.25. The molecule has 6 nitrogen and oxygen atoms in total. The molecule has 3 atom stereocenters. The van der Waals surface area contributed by atoms with E-state index in [-0.39, 0.29) is 29.8 Å². The molecule has 0 saturated heterocycles. The number of aryl methyl sites for hydroxylation is 1. The molecule has 1 N–H and O–H groups in total. The van der Waals surface area contributed by atoms with Crippen LogP contribution in [0.1, 0.15) is 28.6 Å². The normalized spacial score (nSPS) is 20.6. The Kier molecular flexibility index (Phi) is 4.14. The molecule has 1 aromatic heterocycles. The highest BCUT2D eigenvalue weighted by molar-refractivity contribution is 5.91.